The molecule has 11 atom stereocenters. The van der Waals surface area contributed by atoms with Crippen molar-refractivity contribution in [2.45, 2.75) is 142 Å². The van der Waals surface area contributed by atoms with Gasteiger partial charge in [0.15, 0.2) is 23.0 Å². The van der Waals surface area contributed by atoms with E-state index in [0.29, 0.717) is 11.1 Å². The molecule has 6 rings (SSSR count). The number of ketones is 3. The summed E-state index contributed by atoms with van der Waals surface area (Å²) in [5.41, 5.74) is -6.99. The monoisotopic (exact) mass is 975 g/mol. The van der Waals surface area contributed by atoms with Crippen molar-refractivity contribution in [3.63, 3.8) is 0 Å². The Morgan fingerprint density at radius 1 is 0.900 bits per heavy atom. The molecule has 1 aliphatic heterocycles. The average Bonchev–Trinajstić information content (AvgIpc) is 3.28. The van der Waals surface area contributed by atoms with E-state index in [1.54, 1.807) is 111 Å². The first-order valence-corrected chi connectivity index (χ1v) is 23.7. The van der Waals surface area contributed by atoms with Crippen molar-refractivity contribution in [2.75, 3.05) is 34.0 Å². The number of methoxy groups -OCH3 is 2. The predicted molar refractivity (Wildman–Crippen MR) is 251 cm³/mol. The summed E-state index contributed by atoms with van der Waals surface area (Å²) in [5.74, 6) is -7.11. The van der Waals surface area contributed by atoms with Gasteiger partial charge in [0, 0.05) is 51.7 Å². The normalized spacial score (nSPS) is 29.9. The standard InChI is InChI=1S/C53H69NO16/c1-29(2)36(57)27-65-26-34(56)23-35(41(32-19-15-13-16-20-32)54-48(61)70-49(5,6)7)47(60)67-37-25-53(62)45(68-46(59)33-21-17-14-18-22-33)43-51(10,44(58)42(64-12)40(30(37)3)50(53,8)9)38(63-11)24-39-52(43,28-66-39)69-31(4)55/h13-22,29,35,37-39,41-43,45,62H,23-28H2,1-12H3,(H,54,61)/t35-,37+,38+,39?,41+,42-,43?,45+,51-,52+,53-/m1/s1. The molecule has 382 valence electrons. The summed E-state index contributed by atoms with van der Waals surface area (Å²) in [6.45, 7) is 15.2. The van der Waals surface area contributed by atoms with Crippen LogP contribution in [-0.2, 0) is 61.9 Å². The van der Waals surface area contributed by atoms with Gasteiger partial charge in [-0.25, -0.2) is 9.59 Å². The van der Waals surface area contributed by atoms with Crippen LogP contribution in [0.1, 0.15) is 110 Å². The largest absolute Gasteiger partial charge is 0.457 e. The summed E-state index contributed by atoms with van der Waals surface area (Å²) >= 11 is 0. The highest BCUT2D eigenvalue weighted by molar-refractivity contribution is 5.94. The smallest absolute Gasteiger partial charge is 0.408 e. The van der Waals surface area contributed by atoms with Gasteiger partial charge in [-0.2, -0.15) is 0 Å². The van der Waals surface area contributed by atoms with Crippen LogP contribution in [0.5, 0.6) is 0 Å². The molecule has 3 fully saturated rings. The molecule has 17 nitrogen and oxygen atoms in total. The Hall–Kier alpha value is -5.33. The number of carbonyl (C=O) groups is 7. The molecule has 2 bridgehead atoms. The van der Waals surface area contributed by atoms with E-state index in [2.05, 4.69) is 5.32 Å². The lowest BCUT2D eigenvalue weighted by Crippen LogP contribution is -2.82. The van der Waals surface area contributed by atoms with E-state index in [9.17, 15) is 29.1 Å². The predicted octanol–water partition coefficient (Wildman–Crippen LogP) is 6.02. The third kappa shape index (κ3) is 10.2. The van der Waals surface area contributed by atoms with Gasteiger partial charge in [-0.1, -0.05) is 76.2 Å². The second kappa shape index (κ2) is 20.8. The Morgan fingerprint density at radius 2 is 1.53 bits per heavy atom. The highest BCUT2D eigenvalue weighted by Gasteiger charge is 2.78. The van der Waals surface area contributed by atoms with Crippen LogP contribution in [0.4, 0.5) is 4.79 Å². The molecule has 2 saturated carbocycles. The molecule has 2 aromatic carbocycles. The van der Waals surface area contributed by atoms with E-state index < -0.39 is 131 Å². The number of rotatable bonds is 17. The minimum Gasteiger partial charge on any atom is -0.457 e. The summed E-state index contributed by atoms with van der Waals surface area (Å²) < 4.78 is 48.8. The van der Waals surface area contributed by atoms with Gasteiger partial charge in [-0.05, 0) is 63.5 Å². The molecule has 0 spiro atoms. The van der Waals surface area contributed by atoms with Crippen LogP contribution in [0.15, 0.2) is 71.8 Å². The number of hydrogen-bond donors (Lipinski definition) is 2. The third-order valence-electron chi connectivity index (χ3n) is 14.8. The average molecular weight is 976 g/mol. The molecule has 3 aliphatic carbocycles. The van der Waals surface area contributed by atoms with E-state index in [-0.39, 0.29) is 42.5 Å². The number of alkyl carbamates (subject to hydrolysis) is 1. The Labute approximate surface area is 409 Å². The van der Waals surface area contributed by atoms with Gasteiger partial charge in [0.25, 0.3) is 0 Å². The number of aliphatic hydroxyl groups is 1. The van der Waals surface area contributed by atoms with E-state index >= 15 is 9.59 Å². The maximum atomic E-state index is 15.8. The van der Waals surface area contributed by atoms with Gasteiger partial charge in [-0.3, -0.25) is 24.0 Å². The van der Waals surface area contributed by atoms with Crippen LogP contribution in [-0.4, -0.2) is 128 Å². The number of Topliss-reactive ketones (excluding diaryl/α,β-unsaturated/α-hetero) is 3. The molecule has 1 saturated heterocycles. The molecule has 2 N–H and O–H groups in total. The Morgan fingerprint density at radius 3 is 2.07 bits per heavy atom. The first-order chi connectivity index (χ1) is 32.8. The van der Waals surface area contributed by atoms with Gasteiger partial charge in [-0.15, -0.1) is 0 Å². The Bertz CT molecular complexity index is 2340. The molecule has 1 amide bonds. The Balaban J connectivity index is 1.53. The number of nitrogens with one attached hydrogen (secondary N) is 1. The van der Waals surface area contributed by atoms with Crippen molar-refractivity contribution in [3.05, 3.63) is 82.9 Å². The van der Waals surface area contributed by atoms with Gasteiger partial charge < -0.3 is 48.3 Å². The van der Waals surface area contributed by atoms with Crippen molar-refractivity contribution in [3.8, 4) is 0 Å². The number of carbonyl (C=O) groups excluding carboxylic acids is 7. The van der Waals surface area contributed by atoms with Crippen LogP contribution in [0.2, 0.25) is 0 Å². The molecule has 1 heterocycles. The van der Waals surface area contributed by atoms with Crippen molar-refractivity contribution in [1.29, 1.82) is 0 Å². The van der Waals surface area contributed by atoms with Crippen LogP contribution in [0.3, 0.4) is 0 Å². The summed E-state index contributed by atoms with van der Waals surface area (Å²) in [6.07, 6.45) is -8.14. The fourth-order valence-electron chi connectivity index (χ4n) is 11.1. The zero-order valence-corrected chi connectivity index (χ0v) is 42.3. The number of benzene rings is 2. The third-order valence-corrected chi connectivity index (χ3v) is 14.8. The maximum Gasteiger partial charge on any atom is 0.408 e. The number of hydrogen-bond acceptors (Lipinski definition) is 16. The number of ether oxygens (including phenoxy) is 8. The minimum atomic E-state index is -2.28. The lowest BCUT2D eigenvalue weighted by atomic mass is 9.44. The molecular weight excluding hydrogens is 907 g/mol. The lowest BCUT2D eigenvalue weighted by Gasteiger charge is -2.67. The summed E-state index contributed by atoms with van der Waals surface area (Å²) in [6, 6.07) is 15.3. The van der Waals surface area contributed by atoms with Crippen molar-refractivity contribution >= 4 is 41.4 Å². The van der Waals surface area contributed by atoms with Crippen molar-refractivity contribution in [2.24, 2.45) is 28.6 Å². The van der Waals surface area contributed by atoms with Crippen molar-refractivity contribution in [1.82, 2.24) is 5.32 Å². The molecule has 17 heteroatoms. The number of amides is 1. The van der Waals surface area contributed by atoms with Crippen LogP contribution in [0, 0.1) is 28.6 Å². The van der Waals surface area contributed by atoms with Gasteiger partial charge in [0.05, 0.1) is 41.6 Å². The Kier molecular flexibility index (Phi) is 16.0. The maximum absolute atomic E-state index is 15.8. The van der Waals surface area contributed by atoms with Gasteiger partial charge in [0.1, 0.15) is 48.8 Å². The molecule has 0 radical (unpaired) electrons. The fraction of sp³-hybridized carbons (Fsp3) is 0.604. The van der Waals surface area contributed by atoms with E-state index in [4.69, 9.17) is 37.9 Å². The second-order valence-corrected chi connectivity index (χ2v) is 21.0. The number of esters is 3. The molecule has 4 aliphatic rings. The highest BCUT2D eigenvalue weighted by Crippen LogP contribution is 2.65. The van der Waals surface area contributed by atoms with E-state index in [1.807, 2.05) is 0 Å². The minimum absolute atomic E-state index is 0.0947. The highest BCUT2D eigenvalue weighted by atomic mass is 16.6. The summed E-state index contributed by atoms with van der Waals surface area (Å²) in [7, 11) is 2.77. The summed E-state index contributed by atoms with van der Waals surface area (Å²) in [5, 5.41) is 16.8. The van der Waals surface area contributed by atoms with E-state index in [0.717, 1.165) is 0 Å². The van der Waals surface area contributed by atoms with Gasteiger partial charge >= 0.3 is 24.0 Å². The quantitative estimate of drug-likeness (QED) is 0.105. The van der Waals surface area contributed by atoms with Crippen molar-refractivity contribution < 1.29 is 76.6 Å². The first-order valence-electron chi connectivity index (χ1n) is 23.7. The lowest BCUT2D eigenvalue weighted by molar-refractivity contribution is -0.347. The molecule has 2 aromatic rings. The molecular formula is C53H69NO16. The van der Waals surface area contributed by atoms with Gasteiger partial charge in [0.2, 0.25) is 0 Å². The van der Waals surface area contributed by atoms with Crippen LogP contribution in [0.25, 0.3) is 0 Å². The van der Waals surface area contributed by atoms with E-state index in [1.165, 1.54) is 33.3 Å². The number of fused-ring (bicyclic) bond motifs is 5. The SMILES string of the molecule is CO[C@H]1C(=O)[C@@]2(C)C([C@H](OC(=O)c3ccccc3)[C@]3(O)C[C@H](OC(=O)[C@H](CC(=O)COCC(=O)C(C)C)[C@@H](NC(=O)OC(C)(C)C)c4ccccc4)C(C)=C1C3(C)C)[C@]1(OC(C)=O)COC1C[C@@H]2OC. The topological polar surface area (TPSA) is 226 Å². The second-order valence-electron chi connectivity index (χ2n) is 21.0. The molecule has 0 aromatic heterocycles. The zero-order valence-electron chi connectivity index (χ0n) is 42.3. The fourth-order valence-corrected chi connectivity index (χ4v) is 11.1. The molecule has 70 heavy (non-hydrogen) atoms. The molecule has 2 unspecified atom stereocenters. The van der Waals surface area contributed by atoms with Crippen LogP contribution < -0.4 is 5.32 Å². The summed E-state index contributed by atoms with van der Waals surface area (Å²) in [4.78, 5) is 98.6. The zero-order chi connectivity index (χ0) is 51.7. The first kappa shape index (κ1) is 54.0. The van der Waals surface area contributed by atoms with Crippen LogP contribution >= 0.6 is 0 Å².